The van der Waals surface area contributed by atoms with Crippen molar-refractivity contribution in [2.75, 3.05) is 18.9 Å². The van der Waals surface area contributed by atoms with Crippen LogP contribution in [0.2, 0.25) is 0 Å². The second-order valence-electron chi connectivity index (χ2n) is 5.55. The van der Waals surface area contributed by atoms with Crippen molar-refractivity contribution in [2.24, 2.45) is 0 Å². The molecule has 21 heavy (non-hydrogen) atoms. The van der Waals surface area contributed by atoms with Gasteiger partial charge in [-0.3, -0.25) is 4.90 Å². The Kier molecular flexibility index (Phi) is 5.40. The van der Waals surface area contributed by atoms with Crippen LogP contribution < -0.4 is 5.32 Å². The predicted molar refractivity (Wildman–Crippen MR) is 91.7 cm³/mol. The minimum atomic E-state index is 0.405. The van der Waals surface area contributed by atoms with E-state index in [4.69, 9.17) is 0 Å². The van der Waals surface area contributed by atoms with E-state index in [1.807, 2.05) is 7.05 Å². The highest BCUT2D eigenvalue weighted by Crippen LogP contribution is 2.26. The molecule has 2 nitrogen and oxygen atoms in total. The standard InChI is InChI=1S/C19H26N2/c1-5-21(14-17-9-7-6-8-10-17)16(3)18-12-11-15(2)19(13-18)20-4/h6-13,16,20H,5,14H2,1-4H3/t16-/m0/s1. The molecule has 2 aromatic carbocycles. The van der Waals surface area contributed by atoms with Gasteiger partial charge in [0.25, 0.3) is 0 Å². The Labute approximate surface area is 128 Å². The molecule has 0 bridgehead atoms. The summed E-state index contributed by atoms with van der Waals surface area (Å²) in [5, 5.41) is 3.28. The quantitative estimate of drug-likeness (QED) is 0.831. The molecule has 1 atom stereocenters. The second-order valence-corrected chi connectivity index (χ2v) is 5.55. The van der Waals surface area contributed by atoms with Crippen LogP contribution in [0.5, 0.6) is 0 Å². The van der Waals surface area contributed by atoms with Crippen LogP contribution in [0.1, 0.15) is 36.6 Å². The van der Waals surface area contributed by atoms with Crippen LogP contribution in [0, 0.1) is 6.92 Å². The number of benzene rings is 2. The summed E-state index contributed by atoms with van der Waals surface area (Å²) in [6.07, 6.45) is 0. The zero-order valence-electron chi connectivity index (χ0n) is 13.6. The van der Waals surface area contributed by atoms with Crippen LogP contribution in [0.4, 0.5) is 5.69 Å². The highest BCUT2D eigenvalue weighted by atomic mass is 15.1. The second kappa shape index (κ2) is 7.28. The van der Waals surface area contributed by atoms with E-state index >= 15 is 0 Å². The summed E-state index contributed by atoms with van der Waals surface area (Å²) in [6, 6.07) is 17.8. The van der Waals surface area contributed by atoms with Gasteiger partial charge in [0, 0.05) is 25.3 Å². The van der Waals surface area contributed by atoms with Crippen LogP contribution in [-0.2, 0) is 6.54 Å². The molecule has 0 spiro atoms. The van der Waals surface area contributed by atoms with Crippen molar-refractivity contribution < 1.29 is 0 Å². The Morgan fingerprint density at radius 2 is 1.81 bits per heavy atom. The number of hydrogen-bond acceptors (Lipinski definition) is 2. The topological polar surface area (TPSA) is 15.3 Å². The molecule has 0 aromatic heterocycles. The fourth-order valence-corrected chi connectivity index (χ4v) is 2.72. The van der Waals surface area contributed by atoms with Gasteiger partial charge in [-0.25, -0.2) is 0 Å². The van der Waals surface area contributed by atoms with Crippen LogP contribution >= 0.6 is 0 Å². The summed E-state index contributed by atoms with van der Waals surface area (Å²) in [5.74, 6) is 0. The van der Waals surface area contributed by atoms with Gasteiger partial charge >= 0.3 is 0 Å². The maximum absolute atomic E-state index is 3.28. The molecule has 2 heteroatoms. The highest BCUT2D eigenvalue weighted by Gasteiger charge is 2.15. The van der Waals surface area contributed by atoms with Gasteiger partial charge in [-0.2, -0.15) is 0 Å². The van der Waals surface area contributed by atoms with Gasteiger partial charge in [-0.1, -0.05) is 49.4 Å². The average Bonchev–Trinajstić information content (AvgIpc) is 2.53. The fourth-order valence-electron chi connectivity index (χ4n) is 2.72. The third kappa shape index (κ3) is 3.85. The summed E-state index contributed by atoms with van der Waals surface area (Å²) in [6.45, 7) is 8.69. The lowest BCUT2D eigenvalue weighted by Gasteiger charge is -2.29. The first-order valence-corrected chi connectivity index (χ1v) is 7.72. The van der Waals surface area contributed by atoms with Crippen LogP contribution in [-0.4, -0.2) is 18.5 Å². The molecule has 0 aliphatic carbocycles. The lowest BCUT2D eigenvalue weighted by molar-refractivity contribution is 0.213. The number of nitrogens with zero attached hydrogens (tertiary/aromatic N) is 1. The molecule has 1 N–H and O–H groups in total. The molecule has 0 aliphatic rings. The molecule has 0 radical (unpaired) electrons. The summed E-state index contributed by atoms with van der Waals surface area (Å²) < 4.78 is 0. The third-order valence-corrected chi connectivity index (χ3v) is 4.20. The Morgan fingerprint density at radius 3 is 2.43 bits per heavy atom. The fraction of sp³-hybridized carbons (Fsp3) is 0.368. The first-order valence-electron chi connectivity index (χ1n) is 7.72. The Hall–Kier alpha value is -1.80. The smallest absolute Gasteiger partial charge is 0.0370 e. The highest BCUT2D eigenvalue weighted by molar-refractivity contribution is 5.52. The van der Waals surface area contributed by atoms with Gasteiger partial charge in [-0.15, -0.1) is 0 Å². The lowest BCUT2D eigenvalue weighted by atomic mass is 10.0. The van der Waals surface area contributed by atoms with E-state index in [1.165, 1.54) is 22.4 Å². The summed E-state index contributed by atoms with van der Waals surface area (Å²) in [4.78, 5) is 2.50. The third-order valence-electron chi connectivity index (χ3n) is 4.20. The normalized spacial score (nSPS) is 12.4. The molecule has 2 aromatic rings. The van der Waals surface area contributed by atoms with Crippen molar-refractivity contribution in [3.63, 3.8) is 0 Å². The molecule has 0 saturated carbocycles. The van der Waals surface area contributed by atoms with Gasteiger partial charge < -0.3 is 5.32 Å². The lowest BCUT2D eigenvalue weighted by Crippen LogP contribution is -2.26. The summed E-state index contributed by atoms with van der Waals surface area (Å²) in [7, 11) is 1.98. The van der Waals surface area contributed by atoms with Crippen molar-refractivity contribution in [3.05, 3.63) is 65.2 Å². The van der Waals surface area contributed by atoms with Crippen molar-refractivity contribution in [3.8, 4) is 0 Å². The summed E-state index contributed by atoms with van der Waals surface area (Å²) >= 11 is 0. The zero-order valence-corrected chi connectivity index (χ0v) is 13.6. The number of rotatable bonds is 6. The molecule has 0 saturated heterocycles. The van der Waals surface area contributed by atoms with E-state index in [0.29, 0.717) is 6.04 Å². The average molecular weight is 282 g/mol. The van der Waals surface area contributed by atoms with E-state index < -0.39 is 0 Å². The molecular weight excluding hydrogens is 256 g/mol. The van der Waals surface area contributed by atoms with Gasteiger partial charge in [0.1, 0.15) is 0 Å². The monoisotopic (exact) mass is 282 g/mol. The molecule has 0 unspecified atom stereocenters. The van der Waals surface area contributed by atoms with Gasteiger partial charge in [0.2, 0.25) is 0 Å². The van der Waals surface area contributed by atoms with E-state index in [-0.39, 0.29) is 0 Å². The molecular formula is C19H26N2. The molecule has 112 valence electrons. The molecule has 0 aliphatic heterocycles. The van der Waals surface area contributed by atoms with Crippen molar-refractivity contribution in [1.82, 2.24) is 4.90 Å². The van der Waals surface area contributed by atoms with Crippen LogP contribution in [0.25, 0.3) is 0 Å². The first-order chi connectivity index (χ1) is 10.2. The molecule has 0 amide bonds. The predicted octanol–water partition coefficient (Wildman–Crippen LogP) is 4.62. The van der Waals surface area contributed by atoms with E-state index in [0.717, 1.165) is 13.1 Å². The van der Waals surface area contributed by atoms with Crippen LogP contribution in [0.15, 0.2) is 48.5 Å². The Morgan fingerprint density at radius 1 is 1.10 bits per heavy atom. The Bertz CT molecular complexity index is 563. The van der Waals surface area contributed by atoms with Gasteiger partial charge in [-0.05, 0) is 43.1 Å². The van der Waals surface area contributed by atoms with Crippen molar-refractivity contribution in [2.45, 2.75) is 33.4 Å². The van der Waals surface area contributed by atoms with Gasteiger partial charge in [0.05, 0.1) is 0 Å². The number of nitrogens with one attached hydrogen (secondary N) is 1. The van der Waals surface area contributed by atoms with E-state index in [1.54, 1.807) is 0 Å². The SMILES string of the molecule is CCN(Cc1ccccc1)[C@@H](C)c1ccc(C)c(NC)c1. The molecule has 0 fully saturated rings. The zero-order chi connectivity index (χ0) is 15.2. The van der Waals surface area contributed by atoms with Crippen LogP contribution in [0.3, 0.4) is 0 Å². The summed E-state index contributed by atoms with van der Waals surface area (Å²) in [5.41, 5.74) is 5.24. The Balaban J connectivity index is 2.18. The number of hydrogen-bond donors (Lipinski definition) is 1. The maximum Gasteiger partial charge on any atom is 0.0370 e. The minimum absolute atomic E-state index is 0.405. The first kappa shape index (κ1) is 15.6. The molecule has 2 rings (SSSR count). The van der Waals surface area contributed by atoms with E-state index in [9.17, 15) is 0 Å². The van der Waals surface area contributed by atoms with Gasteiger partial charge in [0.15, 0.2) is 0 Å². The molecule has 0 heterocycles. The number of anilines is 1. The number of aryl methyl sites for hydroxylation is 1. The maximum atomic E-state index is 3.28. The van der Waals surface area contributed by atoms with Crippen molar-refractivity contribution in [1.29, 1.82) is 0 Å². The van der Waals surface area contributed by atoms with Crippen molar-refractivity contribution >= 4 is 5.69 Å². The van der Waals surface area contributed by atoms with E-state index in [2.05, 4.69) is 79.5 Å². The largest absolute Gasteiger partial charge is 0.388 e. The minimum Gasteiger partial charge on any atom is -0.388 e.